The third-order valence-electron chi connectivity index (χ3n) is 4.88. The molecule has 2 aliphatic heterocycles. The van der Waals surface area contributed by atoms with Gasteiger partial charge in [0.05, 0.1) is 21.7 Å². The van der Waals surface area contributed by atoms with Gasteiger partial charge in [0.15, 0.2) is 0 Å². The lowest BCUT2D eigenvalue weighted by atomic mass is 9.98. The molecule has 0 aliphatic carbocycles. The van der Waals surface area contributed by atoms with Gasteiger partial charge in [-0.15, -0.1) is 0 Å². The Hall–Kier alpha value is -0.820. The van der Waals surface area contributed by atoms with Crippen molar-refractivity contribution in [2.24, 2.45) is 5.92 Å². The Bertz CT molecular complexity index is 748. The molecule has 1 aromatic rings. The van der Waals surface area contributed by atoms with Gasteiger partial charge in [-0.25, -0.2) is 12.7 Å². The number of sulfonamides is 1. The van der Waals surface area contributed by atoms with E-state index in [4.69, 9.17) is 23.2 Å². The van der Waals surface area contributed by atoms with Crippen LogP contribution in [0.1, 0.15) is 31.2 Å². The summed E-state index contributed by atoms with van der Waals surface area (Å²) in [6.07, 6.45) is 3.55. The molecule has 0 spiro atoms. The van der Waals surface area contributed by atoms with E-state index in [2.05, 4.69) is 0 Å². The van der Waals surface area contributed by atoms with Crippen molar-refractivity contribution in [2.75, 3.05) is 26.2 Å². The smallest absolute Gasteiger partial charge is 0.227 e. The van der Waals surface area contributed by atoms with Crippen molar-refractivity contribution in [3.63, 3.8) is 0 Å². The van der Waals surface area contributed by atoms with E-state index in [1.165, 1.54) is 4.31 Å². The zero-order valence-electron chi connectivity index (χ0n) is 14.0. The largest absolute Gasteiger partial charge is 0.342 e. The molecule has 0 radical (unpaired) electrons. The van der Waals surface area contributed by atoms with Gasteiger partial charge in [-0.3, -0.25) is 4.79 Å². The normalized spacial score (nSPS) is 22.3. The molecule has 1 atom stereocenters. The van der Waals surface area contributed by atoms with Crippen LogP contribution in [0.15, 0.2) is 18.2 Å². The van der Waals surface area contributed by atoms with Crippen LogP contribution >= 0.6 is 23.2 Å². The van der Waals surface area contributed by atoms with Crippen molar-refractivity contribution in [1.82, 2.24) is 9.21 Å². The quantitative estimate of drug-likeness (QED) is 0.773. The number of benzene rings is 1. The van der Waals surface area contributed by atoms with E-state index >= 15 is 0 Å². The Morgan fingerprint density at radius 2 is 1.80 bits per heavy atom. The van der Waals surface area contributed by atoms with Crippen molar-refractivity contribution < 1.29 is 13.2 Å². The monoisotopic (exact) mass is 404 g/mol. The molecule has 25 heavy (non-hydrogen) atoms. The second-order valence-corrected chi connectivity index (χ2v) is 9.52. The highest BCUT2D eigenvalue weighted by Gasteiger charge is 2.34. The van der Waals surface area contributed by atoms with E-state index in [0.29, 0.717) is 28.6 Å². The number of rotatable bonds is 4. The number of hydrogen-bond donors (Lipinski definition) is 0. The molecule has 1 aromatic carbocycles. The number of piperidine rings is 1. The summed E-state index contributed by atoms with van der Waals surface area (Å²) in [6.45, 7) is 2.34. The van der Waals surface area contributed by atoms with Crippen LogP contribution < -0.4 is 0 Å². The van der Waals surface area contributed by atoms with Gasteiger partial charge in [-0.1, -0.05) is 29.3 Å². The van der Waals surface area contributed by atoms with Gasteiger partial charge in [-0.05, 0) is 43.4 Å². The lowest BCUT2D eigenvalue weighted by Crippen LogP contribution is -2.46. The van der Waals surface area contributed by atoms with Crippen LogP contribution in [-0.4, -0.2) is 49.7 Å². The number of halogens is 2. The van der Waals surface area contributed by atoms with E-state index in [-0.39, 0.29) is 24.1 Å². The molecule has 0 N–H and O–H groups in total. The summed E-state index contributed by atoms with van der Waals surface area (Å²) in [6, 6.07) is 4.85. The van der Waals surface area contributed by atoms with Crippen LogP contribution in [-0.2, 0) is 20.6 Å². The highest BCUT2D eigenvalue weighted by atomic mass is 35.5. The van der Waals surface area contributed by atoms with E-state index in [1.807, 2.05) is 4.90 Å². The maximum atomic E-state index is 12.8. The third kappa shape index (κ3) is 4.48. The highest BCUT2D eigenvalue weighted by Crippen LogP contribution is 2.27. The molecule has 2 fully saturated rings. The molecule has 5 nitrogen and oxygen atoms in total. The summed E-state index contributed by atoms with van der Waals surface area (Å²) in [5.41, 5.74) is 0.599. The fraction of sp³-hybridized carbons (Fsp3) is 0.588. The molecule has 2 saturated heterocycles. The molecule has 0 saturated carbocycles. The van der Waals surface area contributed by atoms with Crippen molar-refractivity contribution >= 4 is 39.1 Å². The van der Waals surface area contributed by atoms with Crippen LogP contribution in [0, 0.1) is 5.92 Å². The van der Waals surface area contributed by atoms with Gasteiger partial charge in [0, 0.05) is 26.2 Å². The van der Waals surface area contributed by atoms with Gasteiger partial charge in [0.25, 0.3) is 0 Å². The van der Waals surface area contributed by atoms with E-state index < -0.39 is 10.0 Å². The first-order valence-corrected chi connectivity index (χ1v) is 10.9. The van der Waals surface area contributed by atoms with Crippen LogP contribution in [0.25, 0.3) is 0 Å². The Morgan fingerprint density at radius 3 is 2.48 bits per heavy atom. The van der Waals surface area contributed by atoms with E-state index in [9.17, 15) is 13.2 Å². The summed E-state index contributed by atoms with van der Waals surface area (Å²) in [5.74, 6) is -0.253. The number of carbonyl (C=O) groups excluding carboxylic acids is 1. The zero-order valence-corrected chi connectivity index (χ0v) is 16.3. The molecule has 0 aromatic heterocycles. The average Bonchev–Trinajstić information content (AvgIpc) is 3.12. The Balaban J connectivity index is 1.68. The average molecular weight is 405 g/mol. The maximum Gasteiger partial charge on any atom is 0.227 e. The van der Waals surface area contributed by atoms with Gasteiger partial charge in [-0.2, -0.15) is 0 Å². The number of likely N-dealkylation sites (tertiary alicyclic amines) is 1. The fourth-order valence-corrected chi connectivity index (χ4v) is 5.44. The van der Waals surface area contributed by atoms with Gasteiger partial charge in [0.2, 0.25) is 15.9 Å². The minimum absolute atomic E-state index is 0.104. The first-order chi connectivity index (χ1) is 11.9. The zero-order chi connectivity index (χ0) is 18.0. The SMILES string of the molecule is O=C([C@H]1CCCN(S(=O)(=O)Cc2ccc(Cl)c(Cl)c2)C1)N1CCCC1. The van der Waals surface area contributed by atoms with Crippen LogP contribution in [0.3, 0.4) is 0 Å². The topological polar surface area (TPSA) is 57.7 Å². The first-order valence-electron chi connectivity index (χ1n) is 8.57. The minimum atomic E-state index is -3.50. The molecule has 8 heteroatoms. The van der Waals surface area contributed by atoms with E-state index in [0.717, 1.165) is 32.4 Å². The summed E-state index contributed by atoms with van der Waals surface area (Å²) >= 11 is 11.9. The Morgan fingerprint density at radius 1 is 1.08 bits per heavy atom. The lowest BCUT2D eigenvalue weighted by Gasteiger charge is -2.33. The predicted molar refractivity (Wildman–Crippen MR) is 99.2 cm³/mol. The summed E-state index contributed by atoms with van der Waals surface area (Å²) < 4.78 is 27.0. The van der Waals surface area contributed by atoms with Crippen molar-refractivity contribution in [3.05, 3.63) is 33.8 Å². The molecule has 2 aliphatic rings. The van der Waals surface area contributed by atoms with Gasteiger partial charge < -0.3 is 4.90 Å². The second kappa shape index (κ2) is 7.82. The molecule has 3 rings (SSSR count). The fourth-order valence-electron chi connectivity index (χ4n) is 3.52. The molecular formula is C17H22Cl2N2O3S. The van der Waals surface area contributed by atoms with Crippen LogP contribution in [0.2, 0.25) is 10.0 Å². The summed E-state index contributed by atoms with van der Waals surface area (Å²) in [7, 11) is -3.50. The lowest BCUT2D eigenvalue weighted by molar-refractivity contribution is -0.135. The predicted octanol–water partition coefficient (Wildman–Crippen LogP) is 3.16. The highest BCUT2D eigenvalue weighted by molar-refractivity contribution is 7.88. The standard InChI is InChI=1S/C17H22Cl2N2O3S/c18-15-6-5-13(10-16(15)19)12-25(23,24)21-9-3-4-14(11-21)17(22)20-7-1-2-8-20/h5-6,10,14H,1-4,7-9,11-12H2/t14-/m0/s1. The number of hydrogen-bond acceptors (Lipinski definition) is 3. The first kappa shape index (κ1) is 19.0. The second-order valence-electron chi connectivity index (χ2n) is 6.73. The molecule has 0 unspecified atom stereocenters. The van der Waals surface area contributed by atoms with Crippen LogP contribution in [0.5, 0.6) is 0 Å². The van der Waals surface area contributed by atoms with Crippen molar-refractivity contribution in [1.29, 1.82) is 0 Å². The molecule has 0 bridgehead atoms. The number of carbonyl (C=O) groups is 1. The molecular weight excluding hydrogens is 383 g/mol. The number of nitrogens with zero attached hydrogens (tertiary/aromatic N) is 2. The number of amides is 1. The minimum Gasteiger partial charge on any atom is -0.342 e. The van der Waals surface area contributed by atoms with Gasteiger partial charge in [0.1, 0.15) is 0 Å². The Kier molecular flexibility index (Phi) is 5.93. The van der Waals surface area contributed by atoms with E-state index in [1.54, 1.807) is 18.2 Å². The summed E-state index contributed by atoms with van der Waals surface area (Å²) in [4.78, 5) is 14.5. The van der Waals surface area contributed by atoms with Crippen molar-refractivity contribution in [2.45, 2.75) is 31.4 Å². The Labute approximate surface area is 158 Å². The molecule has 2 heterocycles. The van der Waals surface area contributed by atoms with Crippen molar-refractivity contribution in [3.8, 4) is 0 Å². The van der Waals surface area contributed by atoms with Crippen LogP contribution in [0.4, 0.5) is 0 Å². The maximum absolute atomic E-state index is 12.8. The molecule has 1 amide bonds. The summed E-state index contributed by atoms with van der Waals surface area (Å²) in [5, 5.41) is 0.743. The molecule has 138 valence electrons. The van der Waals surface area contributed by atoms with Gasteiger partial charge >= 0.3 is 0 Å². The third-order valence-corrected chi connectivity index (χ3v) is 7.43.